The highest BCUT2D eigenvalue weighted by molar-refractivity contribution is 8.14. The van der Waals surface area contributed by atoms with E-state index in [0.29, 0.717) is 5.82 Å². The first kappa shape index (κ1) is 17.0. The van der Waals surface area contributed by atoms with Crippen LogP contribution in [0.25, 0.3) is 5.82 Å². The predicted molar refractivity (Wildman–Crippen MR) is 95.9 cm³/mol. The van der Waals surface area contributed by atoms with Crippen LogP contribution in [0.4, 0.5) is 5.82 Å². The Morgan fingerprint density at radius 2 is 1.92 bits per heavy atom. The monoisotopic (exact) mass is 373 g/mol. The molecule has 1 atom stereocenters. The summed E-state index contributed by atoms with van der Waals surface area (Å²) in [6.45, 7) is 1.48. The number of hydrogen-bond acceptors (Lipinski definition) is 8. The molecule has 2 aliphatic heterocycles. The van der Waals surface area contributed by atoms with E-state index in [2.05, 4.69) is 30.5 Å². The van der Waals surface area contributed by atoms with Crippen molar-refractivity contribution in [2.24, 2.45) is 5.92 Å². The lowest BCUT2D eigenvalue weighted by atomic mass is 9.95. The van der Waals surface area contributed by atoms with Crippen LogP contribution in [0.2, 0.25) is 0 Å². The number of rotatable bonds is 4. The number of nitrogens with one attached hydrogen (secondary N) is 1. The Bertz CT molecular complexity index is 772. The van der Waals surface area contributed by atoms with Crippen LogP contribution in [0.1, 0.15) is 19.3 Å². The van der Waals surface area contributed by atoms with Crippen LogP contribution in [-0.4, -0.2) is 60.9 Å². The first-order valence-electron chi connectivity index (χ1n) is 8.61. The first-order valence-corrected chi connectivity index (χ1v) is 9.60. The smallest absolute Gasteiger partial charge is 0.223 e. The second-order valence-electron chi connectivity index (χ2n) is 6.37. The van der Waals surface area contributed by atoms with Crippen molar-refractivity contribution >= 4 is 28.6 Å². The van der Waals surface area contributed by atoms with Gasteiger partial charge in [0.1, 0.15) is 12.7 Å². The molecule has 1 unspecified atom stereocenters. The third-order valence-corrected chi connectivity index (χ3v) is 5.74. The van der Waals surface area contributed by atoms with E-state index in [1.54, 1.807) is 11.0 Å². The van der Waals surface area contributed by atoms with Crippen molar-refractivity contribution in [3.05, 3.63) is 24.8 Å². The van der Waals surface area contributed by atoms with Crippen LogP contribution in [0, 0.1) is 5.92 Å². The highest BCUT2D eigenvalue weighted by Gasteiger charge is 2.31. The number of amides is 1. The second kappa shape index (κ2) is 7.40. The van der Waals surface area contributed by atoms with Crippen molar-refractivity contribution in [2.45, 2.75) is 25.3 Å². The minimum Gasteiger partial charge on any atom is -0.355 e. The molecule has 1 N–H and O–H groups in total. The molecule has 0 aromatic carbocycles. The van der Waals surface area contributed by atoms with Gasteiger partial charge in [0.2, 0.25) is 11.0 Å². The molecule has 0 aliphatic carbocycles. The number of aromatic nitrogens is 5. The molecule has 2 aromatic rings. The normalized spacial score (nSPS) is 21.2. The number of hydrogen-bond donors (Lipinski definition) is 1. The molecule has 2 aliphatic rings. The minimum absolute atomic E-state index is 0.00175. The molecule has 0 radical (unpaired) electrons. The van der Waals surface area contributed by atoms with Crippen molar-refractivity contribution in [1.82, 2.24) is 30.3 Å². The van der Waals surface area contributed by atoms with Crippen molar-refractivity contribution < 1.29 is 9.59 Å². The summed E-state index contributed by atoms with van der Waals surface area (Å²) >= 11 is 1.30. The van der Waals surface area contributed by atoms with Gasteiger partial charge in [-0.1, -0.05) is 11.8 Å². The van der Waals surface area contributed by atoms with Gasteiger partial charge in [-0.3, -0.25) is 9.59 Å². The van der Waals surface area contributed by atoms with E-state index in [1.165, 1.54) is 18.1 Å². The molecule has 2 saturated heterocycles. The maximum Gasteiger partial charge on any atom is 0.223 e. The predicted octanol–water partition coefficient (Wildman–Crippen LogP) is 0.422. The third-order valence-electron chi connectivity index (χ3n) is 4.73. The molecule has 2 fully saturated rings. The van der Waals surface area contributed by atoms with Crippen LogP contribution in [0.3, 0.4) is 0 Å². The van der Waals surface area contributed by atoms with Gasteiger partial charge in [0.15, 0.2) is 11.6 Å². The summed E-state index contributed by atoms with van der Waals surface area (Å²) < 4.78 is 1.55. The second-order valence-corrected chi connectivity index (χ2v) is 7.47. The number of thioether (sulfide) groups is 1. The molecule has 0 spiro atoms. The van der Waals surface area contributed by atoms with Gasteiger partial charge < -0.3 is 10.2 Å². The molecule has 0 saturated carbocycles. The van der Waals surface area contributed by atoms with Crippen molar-refractivity contribution in [3.8, 4) is 5.82 Å². The van der Waals surface area contributed by atoms with Crippen LogP contribution in [0.5, 0.6) is 0 Å². The lowest BCUT2D eigenvalue weighted by molar-refractivity contribution is -0.128. The largest absolute Gasteiger partial charge is 0.355 e. The van der Waals surface area contributed by atoms with E-state index in [1.807, 2.05) is 12.1 Å². The molecular weight excluding hydrogens is 354 g/mol. The SMILES string of the molecule is O=C(NC1CCSC1=O)C1CCN(c2ccc(-n3cncn3)nn2)CC1. The Morgan fingerprint density at radius 1 is 1.15 bits per heavy atom. The number of carbonyl (C=O) groups is 2. The highest BCUT2D eigenvalue weighted by atomic mass is 32.2. The summed E-state index contributed by atoms with van der Waals surface area (Å²) in [5, 5.41) is 15.4. The summed E-state index contributed by atoms with van der Waals surface area (Å²) in [5.41, 5.74) is 0. The summed E-state index contributed by atoms with van der Waals surface area (Å²) in [7, 11) is 0. The molecule has 26 heavy (non-hydrogen) atoms. The van der Waals surface area contributed by atoms with E-state index in [-0.39, 0.29) is 23.0 Å². The Morgan fingerprint density at radius 3 is 2.54 bits per heavy atom. The van der Waals surface area contributed by atoms with Gasteiger partial charge in [-0.25, -0.2) is 9.67 Å². The van der Waals surface area contributed by atoms with E-state index < -0.39 is 0 Å². The quantitative estimate of drug-likeness (QED) is 0.822. The summed E-state index contributed by atoms with van der Waals surface area (Å²) in [6, 6.07) is 3.44. The average Bonchev–Trinajstić information content (AvgIpc) is 3.35. The highest BCUT2D eigenvalue weighted by Crippen LogP contribution is 2.24. The lowest BCUT2D eigenvalue weighted by Crippen LogP contribution is -2.45. The Labute approximate surface area is 154 Å². The summed E-state index contributed by atoms with van der Waals surface area (Å²) in [6.07, 6.45) is 5.24. The minimum atomic E-state index is -0.305. The number of nitrogens with zero attached hydrogens (tertiary/aromatic N) is 6. The maximum atomic E-state index is 12.4. The van der Waals surface area contributed by atoms with E-state index in [0.717, 1.165) is 43.9 Å². The van der Waals surface area contributed by atoms with Gasteiger partial charge in [-0.15, -0.1) is 10.2 Å². The Kier molecular flexibility index (Phi) is 4.83. The van der Waals surface area contributed by atoms with E-state index >= 15 is 0 Å². The molecular formula is C16H19N7O2S. The van der Waals surface area contributed by atoms with E-state index in [4.69, 9.17) is 0 Å². The summed E-state index contributed by atoms with van der Waals surface area (Å²) in [5.74, 6) is 2.14. The number of carbonyl (C=O) groups excluding carboxylic acids is 2. The Balaban J connectivity index is 1.32. The average molecular weight is 373 g/mol. The molecule has 2 aromatic heterocycles. The fourth-order valence-electron chi connectivity index (χ4n) is 3.22. The maximum absolute atomic E-state index is 12.4. The van der Waals surface area contributed by atoms with Gasteiger partial charge >= 0.3 is 0 Å². The van der Waals surface area contributed by atoms with Gasteiger partial charge in [-0.05, 0) is 31.4 Å². The summed E-state index contributed by atoms with van der Waals surface area (Å²) in [4.78, 5) is 30.1. The fourth-order valence-corrected chi connectivity index (χ4v) is 4.16. The standard InChI is InChI=1S/C16H19N7O2S/c24-15(19-12-5-8-26-16(12)25)11-3-6-22(7-4-11)13-1-2-14(21-20-13)23-10-17-9-18-23/h1-2,9-12H,3-8H2,(H,19,24). The zero-order chi connectivity index (χ0) is 17.9. The van der Waals surface area contributed by atoms with Crippen molar-refractivity contribution in [3.63, 3.8) is 0 Å². The molecule has 4 rings (SSSR count). The van der Waals surface area contributed by atoms with Gasteiger partial charge in [0, 0.05) is 24.8 Å². The van der Waals surface area contributed by atoms with Gasteiger partial charge in [-0.2, -0.15) is 5.10 Å². The molecule has 9 nitrogen and oxygen atoms in total. The zero-order valence-electron chi connectivity index (χ0n) is 14.1. The Hall–Kier alpha value is -2.49. The lowest BCUT2D eigenvalue weighted by Gasteiger charge is -2.32. The van der Waals surface area contributed by atoms with Crippen LogP contribution in [0.15, 0.2) is 24.8 Å². The number of piperidine rings is 1. The van der Waals surface area contributed by atoms with Gasteiger partial charge in [0.05, 0.1) is 6.04 Å². The van der Waals surface area contributed by atoms with Crippen LogP contribution in [-0.2, 0) is 9.59 Å². The molecule has 1 amide bonds. The van der Waals surface area contributed by atoms with Crippen molar-refractivity contribution in [1.29, 1.82) is 0 Å². The first-order chi connectivity index (χ1) is 12.7. The topological polar surface area (TPSA) is 106 Å². The van der Waals surface area contributed by atoms with Crippen molar-refractivity contribution in [2.75, 3.05) is 23.7 Å². The molecule has 136 valence electrons. The van der Waals surface area contributed by atoms with Crippen LogP contribution < -0.4 is 10.2 Å². The molecule has 0 bridgehead atoms. The third kappa shape index (κ3) is 3.55. The van der Waals surface area contributed by atoms with Crippen LogP contribution >= 0.6 is 11.8 Å². The van der Waals surface area contributed by atoms with E-state index in [9.17, 15) is 9.59 Å². The van der Waals surface area contributed by atoms with Gasteiger partial charge in [0.25, 0.3) is 0 Å². The number of anilines is 1. The zero-order valence-corrected chi connectivity index (χ0v) is 14.9. The fraction of sp³-hybridized carbons (Fsp3) is 0.500. The molecule has 4 heterocycles. The molecule has 10 heteroatoms.